The van der Waals surface area contributed by atoms with Crippen molar-refractivity contribution in [2.24, 2.45) is 0 Å². The molecule has 0 bridgehead atoms. The Morgan fingerprint density at radius 1 is 1.26 bits per heavy atom. The molecule has 4 atom stereocenters. The Labute approximate surface area is 153 Å². The zero-order valence-corrected chi connectivity index (χ0v) is 14.4. The van der Waals surface area contributed by atoms with Gasteiger partial charge in [-0.25, -0.2) is 9.59 Å². The molecule has 2 aromatic rings. The van der Waals surface area contributed by atoms with E-state index in [9.17, 15) is 19.8 Å². The predicted molar refractivity (Wildman–Crippen MR) is 92.1 cm³/mol. The summed E-state index contributed by atoms with van der Waals surface area (Å²) in [7, 11) is 1.51. The molecule has 144 valence electrons. The van der Waals surface area contributed by atoms with Crippen molar-refractivity contribution in [2.45, 2.75) is 24.5 Å². The minimum absolute atomic E-state index is 0.0225. The van der Waals surface area contributed by atoms with E-state index >= 15 is 0 Å². The summed E-state index contributed by atoms with van der Waals surface area (Å²) in [6, 6.07) is 7.64. The van der Waals surface area contributed by atoms with Crippen LogP contribution in [0.1, 0.15) is 16.6 Å². The molecule has 0 amide bonds. The third kappa shape index (κ3) is 3.92. The number of esters is 1. The van der Waals surface area contributed by atoms with Crippen molar-refractivity contribution in [1.29, 1.82) is 0 Å². The summed E-state index contributed by atoms with van der Waals surface area (Å²) in [6.07, 6.45) is -3.65. The average molecular weight is 377 g/mol. The fraction of sp³-hybridized carbons (Fsp3) is 0.353. The summed E-state index contributed by atoms with van der Waals surface area (Å²) in [4.78, 5) is 27.5. The normalized spacial score (nSPS) is 24.6. The van der Waals surface area contributed by atoms with Gasteiger partial charge >= 0.3 is 11.7 Å². The second-order valence-corrected chi connectivity index (χ2v) is 5.92. The Morgan fingerprint density at radius 3 is 2.59 bits per heavy atom. The van der Waals surface area contributed by atoms with Crippen molar-refractivity contribution in [3.8, 4) is 5.75 Å². The van der Waals surface area contributed by atoms with Crippen LogP contribution in [0, 0.1) is 0 Å². The molecule has 0 spiro atoms. The van der Waals surface area contributed by atoms with Gasteiger partial charge in [0.1, 0.15) is 36.5 Å². The highest BCUT2D eigenvalue weighted by molar-refractivity contribution is 5.89. The number of aromatic nitrogens is 2. The number of nitrogens with two attached hydrogens (primary N) is 1. The summed E-state index contributed by atoms with van der Waals surface area (Å²) in [5.41, 5.74) is 4.98. The zero-order chi connectivity index (χ0) is 19.6. The van der Waals surface area contributed by atoms with Crippen molar-refractivity contribution in [2.75, 3.05) is 19.5 Å². The van der Waals surface area contributed by atoms with Crippen LogP contribution in [0.3, 0.4) is 0 Å². The van der Waals surface area contributed by atoms with E-state index in [0.717, 1.165) is 4.57 Å². The lowest BCUT2D eigenvalue weighted by Crippen LogP contribution is -2.36. The summed E-state index contributed by atoms with van der Waals surface area (Å²) in [6.45, 7) is -0.309. The maximum atomic E-state index is 12.1. The highest BCUT2D eigenvalue weighted by Gasteiger charge is 2.44. The maximum absolute atomic E-state index is 12.1. The van der Waals surface area contributed by atoms with Crippen LogP contribution >= 0.6 is 0 Å². The second kappa shape index (κ2) is 7.74. The lowest BCUT2D eigenvalue weighted by Gasteiger charge is -2.16. The van der Waals surface area contributed by atoms with E-state index in [1.165, 1.54) is 31.5 Å². The number of nitrogen functional groups attached to an aromatic ring is 1. The van der Waals surface area contributed by atoms with Gasteiger partial charge in [-0.05, 0) is 30.3 Å². The third-order valence-corrected chi connectivity index (χ3v) is 4.17. The van der Waals surface area contributed by atoms with Crippen molar-refractivity contribution >= 4 is 11.8 Å². The second-order valence-electron chi connectivity index (χ2n) is 5.92. The molecule has 1 aliphatic rings. The van der Waals surface area contributed by atoms with Crippen LogP contribution in [0.5, 0.6) is 5.75 Å². The molecule has 1 aromatic heterocycles. The van der Waals surface area contributed by atoms with Gasteiger partial charge in [0.15, 0.2) is 6.23 Å². The van der Waals surface area contributed by atoms with Gasteiger partial charge in [-0.15, -0.1) is 0 Å². The number of anilines is 1. The van der Waals surface area contributed by atoms with Gasteiger partial charge < -0.3 is 30.2 Å². The Balaban J connectivity index is 1.65. The van der Waals surface area contributed by atoms with E-state index in [2.05, 4.69) is 4.98 Å². The number of carbonyl (C=O) groups is 1. The van der Waals surface area contributed by atoms with Gasteiger partial charge in [-0.3, -0.25) is 4.57 Å². The smallest absolute Gasteiger partial charge is 0.351 e. The Morgan fingerprint density at radius 2 is 1.96 bits per heavy atom. The number of rotatable bonds is 5. The van der Waals surface area contributed by atoms with E-state index in [0.29, 0.717) is 11.3 Å². The van der Waals surface area contributed by atoms with Crippen LogP contribution in [0.4, 0.5) is 5.82 Å². The van der Waals surface area contributed by atoms with Crippen LogP contribution in [0.15, 0.2) is 41.3 Å². The first-order valence-corrected chi connectivity index (χ1v) is 8.08. The van der Waals surface area contributed by atoms with Crippen LogP contribution in [-0.4, -0.2) is 57.8 Å². The van der Waals surface area contributed by atoms with Gasteiger partial charge in [-0.2, -0.15) is 4.98 Å². The van der Waals surface area contributed by atoms with Crippen molar-refractivity contribution in [3.63, 3.8) is 0 Å². The topological polar surface area (TPSA) is 146 Å². The van der Waals surface area contributed by atoms with E-state index in [1.807, 2.05) is 0 Å². The van der Waals surface area contributed by atoms with Crippen molar-refractivity contribution in [3.05, 3.63) is 52.6 Å². The molecular formula is C17H19N3O7. The van der Waals surface area contributed by atoms with Crippen molar-refractivity contribution in [1.82, 2.24) is 9.55 Å². The lowest BCUT2D eigenvalue weighted by molar-refractivity contribution is -0.0598. The SMILES string of the molecule is COc1ccc(C(=O)OC[C@@H]2O[C@H](n3ccc(N)nc3=O)[C@H](O)[C@H]2O)cc1. The van der Waals surface area contributed by atoms with Crippen LogP contribution in [0.2, 0.25) is 0 Å². The molecule has 0 unspecified atom stereocenters. The first-order valence-electron chi connectivity index (χ1n) is 8.08. The highest BCUT2D eigenvalue weighted by Crippen LogP contribution is 2.28. The van der Waals surface area contributed by atoms with Gasteiger partial charge in [0.05, 0.1) is 12.7 Å². The molecule has 0 aliphatic carbocycles. The Bertz CT molecular complexity index is 868. The van der Waals surface area contributed by atoms with Crippen LogP contribution in [0.25, 0.3) is 0 Å². The average Bonchev–Trinajstić information content (AvgIpc) is 2.94. The molecule has 0 saturated carbocycles. The molecule has 2 heterocycles. The van der Waals surface area contributed by atoms with Gasteiger partial charge in [0, 0.05) is 6.20 Å². The Hall–Kier alpha value is -2.95. The molecule has 27 heavy (non-hydrogen) atoms. The van der Waals surface area contributed by atoms with E-state index in [-0.39, 0.29) is 12.4 Å². The number of benzene rings is 1. The fourth-order valence-corrected chi connectivity index (χ4v) is 2.68. The summed E-state index contributed by atoms with van der Waals surface area (Å²) >= 11 is 0. The molecular weight excluding hydrogens is 358 g/mol. The van der Waals surface area contributed by atoms with Gasteiger partial charge in [-0.1, -0.05) is 0 Å². The number of ether oxygens (including phenoxy) is 3. The van der Waals surface area contributed by atoms with Crippen LogP contribution in [-0.2, 0) is 9.47 Å². The number of hydrogen-bond donors (Lipinski definition) is 3. The molecule has 1 fully saturated rings. The minimum atomic E-state index is -1.40. The predicted octanol–water partition coefficient (Wildman–Crippen LogP) is -0.690. The number of aliphatic hydroxyl groups is 2. The molecule has 1 saturated heterocycles. The molecule has 10 nitrogen and oxygen atoms in total. The van der Waals surface area contributed by atoms with Gasteiger partial charge in [0.2, 0.25) is 0 Å². The number of carbonyl (C=O) groups excluding carboxylic acids is 1. The van der Waals surface area contributed by atoms with E-state index in [4.69, 9.17) is 19.9 Å². The highest BCUT2D eigenvalue weighted by atomic mass is 16.6. The number of methoxy groups -OCH3 is 1. The molecule has 3 rings (SSSR count). The summed E-state index contributed by atoms with van der Waals surface area (Å²) in [5, 5.41) is 20.3. The molecule has 4 N–H and O–H groups in total. The number of hydrogen-bond acceptors (Lipinski definition) is 9. The fourth-order valence-electron chi connectivity index (χ4n) is 2.68. The molecule has 1 aliphatic heterocycles. The van der Waals surface area contributed by atoms with E-state index < -0.39 is 36.2 Å². The number of aliphatic hydroxyl groups excluding tert-OH is 2. The molecule has 1 aromatic carbocycles. The van der Waals surface area contributed by atoms with Crippen molar-refractivity contribution < 1.29 is 29.2 Å². The zero-order valence-electron chi connectivity index (χ0n) is 14.4. The first-order chi connectivity index (χ1) is 12.9. The maximum Gasteiger partial charge on any atom is 0.351 e. The minimum Gasteiger partial charge on any atom is -0.497 e. The molecule has 0 radical (unpaired) electrons. The first kappa shape index (κ1) is 18.8. The monoisotopic (exact) mass is 377 g/mol. The standard InChI is InChI=1S/C17H19N3O7/c1-25-10-4-2-9(3-5-10)16(23)26-8-11-13(21)14(22)15(27-11)20-7-6-12(18)19-17(20)24/h2-7,11,13-15,21-22H,8H2,1H3,(H2,18,19,24)/t11-,13-,14+,15-/m0/s1. The summed E-state index contributed by atoms with van der Waals surface area (Å²) < 4.78 is 16.7. The van der Waals surface area contributed by atoms with Gasteiger partial charge in [0.25, 0.3) is 0 Å². The lowest BCUT2D eigenvalue weighted by atomic mass is 10.1. The van der Waals surface area contributed by atoms with Crippen LogP contribution < -0.4 is 16.2 Å². The Kier molecular flexibility index (Phi) is 5.40. The largest absolute Gasteiger partial charge is 0.497 e. The molecule has 10 heteroatoms. The van der Waals surface area contributed by atoms with E-state index in [1.54, 1.807) is 12.1 Å². The third-order valence-electron chi connectivity index (χ3n) is 4.17. The quantitative estimate of drug-likeness (QED) is 0.576. The summed E-state index contributed by atoms with van der Waals surface area (Å²) in [5.74, 6) is -0.0124. The number of nitrogens with zero attached hydrogens (tertiary/aromatic N) is 2.